The summed E-state index contributed by atoms with van der Waals surface area (Å²) in [6, 6.07) is 5.49. The van der Waals surface area contributed by atoms with E-state index in [1.807, 2.05) is 6.92 Å². The van der Waals surface area contributed by atoms with Crippen molar-refractivity contribution in [2.24, 2.45) is 0 Å². The average molecular weight is 241 g/mol. The summed E-state index contributed by atoms with van der Waals surface area (Å²) in [5.41, 5.74) is 1.30. The highest BCUT2D eigenvalue weighted by molar-refractivity contribution is 9.08. The number of ether oxygens (including phenoxy) is 1. The zero-order chi connectivity index (χ0) is 9.68. The van der Waals surface area contributed by atoms with E-state index in [9.17, 15) is 0 Å². The standard InChI is InChI=1S/C9H9BrN2O/c1-2-13-9-4-3-7(6-11)8(5-10)12-9/h3-4H,2,5H2,1H3. The largest absolute Gasteiger partial charge is 0.478 e. The molecule has 0 radical (unpaired) electrons. The Morgan fingerprint density at radius 1 is 1.62 bits per heavy atom. The van der Waals surface area contributed by atoms with Crippen LogP contribution < -0.4 is 4.74 Å². The SMILES string of the molecule is CCOc1ccc(C#N)c(CBr)n1. The number of alkyl halides is 1. The first-order valence-electron chi connectivity index (χ1n) is 3.90. The van der Waals surface area contributed by atoms with Gasteiger partial charge in [-0.15, -0.1) is 0 Å². The first kappa shape index (κ1) is 10.0. The third-order valence-electron chi connectivity index (χ3n) is 1.49. The Labute approximate surface area is 85.5 Å². The molecule has 68 valence electrons. The topological polar surface area (TPSA) is 45.9 Å². The number of nitrogens with zero attached hydrogens (tertiary/aromatic N) is 2. The summed E-state index contributed by atoms with van der Waals surface area (Å²) in [5.74, 6) is 0.566. The van der Waals surface area contributed by atoms with Gasteiger partial charge < -0.3 is 4.74 Å². The predicted molar refractivity (Wildman–Crippen MR) is 52.8 cm³/mol. The molecule has 1 aromatic rings. The Kier molecular flexibility index (Phi) is 3.71. The zero-order valence-corrected chi connectivity index (χ0v) is 8.84. The van der Waals surface area contributed by atoms with Crippen molar-refractivity contribution in [3.63, 3.8) is 0 Å². The minimum absolute atomic E-state index is 0.566. The van der Waals surface area contributed by atoms with Crippen LogP contribution in [0, 0.1) is 11.3 Å². The number of halogens is 1. The van der Waals surface area contributed by atoms with Gasteiger partial charge in [-0.3, -0.25) is 0 Å². The van der Waals surface area contributed by atoms with Gasteiger partial charge in [0.25, 0.3) is 0 Å². The molecular weight excluding hydrogens is 232 g/mol. The number of nitriles is 1. The van der Waals surface area contributed by atoms with E-state index < -0.39 is 0 Å². The number of pyridine rings is 1. The highest BCUT2D eigenvalue weighted by atomic mass is 79.9. The van der Waals surface area contributed by atoms with Crippen LogP contribution in [0.4, 0.5) is 0 Å². The lowest BCUT2D eigenvalue weighted by atomic mass is 10.2. The lowest BCUT2D eigenvalue weighted by Gasteiger charge is -2.03. The number of rotatable bonds is 3. The van der Waals surface area contributed by atoms with Crippen LogP contribution in [-0.4, -0.2) is 11.6 Å². The number of aromatic nitrogens is 1. The summed E-state index contributed by atoms with van der Waals surface area (Å²) in [6.45, 7) is 2.48. The quantitative estimate of drug-likeness (QED) is 0.762. The second-order valence-electron chi connectivity index (χ2n) is 2.32. The van der Waals surface area contributed by atoms with Crippen LogP contribution in [0.5, 0.6) is 5.88 Å². The van der Waals surface area contributed by atoms with Crippen molar-refractivity contribution in [2.75, 3.05) is 6.61 Å². The average Bonchev–Trinajstić information content (AvgIpc) is 2.18. The molecule has 0 aliphatic rings. The smallest absolute Gasteiger partial charge is 0.213 e. The first-order valence-corrected chi connectivity index (χ1v) is 5.02. The van der Waals surface area contributed by atoms with Crippen LogP contribution >= 0.6 is 15.9 Å². The molecule has 13 heavy (non-hydrogen) atoms. The molecular formula is C9H9BrN2O. The van der Waals surface area contributed by atoms with Gasteiger partial charge in [0.1, 0.15) is 6.07 Å². The van der Waals surface area contributed by atoms with Crippen molar-refractivity contribution >= 4 is 15.9 Å². The molecule has 0 saturated heterocycles. The molecule has 4 heteroatoms. The van der Waals surface area contributed by atoms with E-state index in [0.29, 0.717) is 29.1 Å². The molecule has 1 heterocycles. The van der Waals surface area contributed by atoms with Gasteiger partial charge in [-0.1, -0.05) is 15.9 Å². The van der Waals surface area contributed by atoms with Gasteiger partial charge in [0, 0.05) is 11.4 Å². The summed E-state index contributed by atoms with van der Waals surface area (Å²) in [4.78, 5) is 4.16. The fourth-order valence-electron chi connectivity index (χ4n) is 0.913. The second kappa shape index (κ2) is 4.83. The zero-order valence-electron chi connectivity index (χ0n) is 7.25. The molecule has 0 bridgehead atoms. The Morgan fingerprint density at radius 3 is 2.92 bits per heavy atom. The molecule has 0 fully saturated rings. The van der Waals surface area contributed by atoms with E-state index >= 15 is 0 Å². The molecule has 0 aromatic carbocycles. The predicted octanol–water partition coefficient (Wildman–Crippen LogP) is 2.25. The van der Waals surface area contributed by atoms with Gasteiger partial charge in [-0.25, -0.2) is 4.98 Å². The Morgan fingerprint density at radius 2 is 2.38 bits per heavy atom. The second-order valence-corrected chi connectivity index (χ2v) is 2.88. The fraction of sp³-hybridized carbons (Fsp3) is 0.333. The lowest BCUT2D eigenvalue weighted by molar-refractivity contribution is 0.326. The van der Waals surface area contributed by atoms with Crippen LogP contribution in [0.25, 0.3) is 0 Å². The first-order chi connectivity index (χ1) is 6.31. The van der Waals surface area contributed by atoms with Crippen molar-refractivity contribution in [3.05, 3.63) is 23.4 Å². The van der Waals surface area contributed by atoms with Crippen LogP contribution in [-0.2, 0) is 5.33 Å². The molecule has 0 atom stereocenters. The van der Waals surface area contributed by atoms with Crippen LogP contribution in [0.3, 0.4) is 0 Å². The summed E-state index contributed by atoms with van der Waals surface area (Å²) in [6.07, 6.45) is 0. The third kappa shape index (κ3) is 2.43. The van der Waals surface area contributed by atoms with Gasteiger partial charge in [0.2, 0.25) is 5.88 Å². The third-order valence-corrected chi connectivity index (χ3v) is 2.02. The van der Waals surface area contributed by atoms with Crippen LogP contribution in [0.1, 0.15) is 18.2 Å². The van der Waals surface area contributed by atoms with Gasteiger partial charge in [-0.05, 0) is 13.0 Å². The van der Waals surface area contributed by atoms with Crippen molar-refractivity contribution in [3.8, 4) is 11.9 Å². The number of hydrogen-bond acceptors (Lipinski definition) is 3. The van der Waals surface area contributed by atoms with Crippen molar-refractivity contribution < 1.29 is 4.74 Å². The van der Waals surface area contributed by atoms with E-state index in [4.69, 9.17) is 10.00 Å². The summed E-state index contributed by atoms with van der Waals surface area (Å²) < 4.78 is 5.21. The summed E-state index contributed by atoms with van der Waals surface area (Å²) in [7, 11) is 0. The van der Waals surface area contributed by atoms with E-state index in [1.165, 1.54) is 0 Å². The van der Waals surface area contributed by atoms with Crippen molar-refractivity contribution in [2.45, 2.75) is 12.3 Å². The Hall–Kier alpha value is -1.08. The van der Waals surface area contributed by atoms with Crippen molar-refractivity contribution in [1.29, 1.82) is 5.26 Å². The molecule has 1 aromatic heterocycles. The Balaban J connectivity index is 3.00. The fourth-order valence-corrected chi connectivity index (χ4v) is 1.34. The maximum Gasteiger partial charge on any atom is 0.213 e. The van der Waals surface area contributed by atoms with Gasteiger partial charge in [0.05, 0.1) is 17.9 Å². The Bertz CT molecular complexity index is 333. The molecule has 3 nitrogen and oxygen atoms in total. The minimum atomic E-state index is 0.566. The molecule has 0 spiro atoms. The highest BCUT2D eigenvalue weighted by Gasteiger charge is 2.03. The minimum Gasteiger partial charge on any atom is -0.478 e. The summed E-state index contributed by atoms with van der Waals surface area (Å²) >= 11 is 3.27. The normalized spacial score (nSPS) is 9.31. The lowest BCUT2D eigenvalue weighted by Crippen LogP contribution is -1.98. The van der Waals surface area contributed by atoms with Crippen LogP contribution in [0.15, 0.2) is 12.1 Å². The maximum absolute atomic E-state index is 8.72. The monoisotopic (exact) mass is 240 g/mol. The van der Waals surface area contributed by atoms with E-state index in [0.717, 1.165) is 0 Å². The molecule has 0 saturated carbocycles. The van der Waals surface area contributed by atoms with Gasteiger partial charge >= 0.3 is 0 Å². The molecule has 0 aliphatic carbocycles. The number of hydrogen-bond donors (Lipinski definition) is 0. The maximum atomic E-state index is 8.72. The van der Waals surface area contributed by atoms with E-state index in [-0.39, 0.29) is 0 Å². The van der Waals surface area contributed by atoms with Gasteiger partial charge in [-0.2, -0.15) is 5.26 Å². The molecule has 0 N–H and O–H groups in total. The van der Waals surface area contributed by atoms with Gasteiger partial charge in [0.15, 0.2) is 0 Å². The summed E-state index contributed by atoms with van der Waals surface area (Å²) in [5, 5.41) is 9.28. The molecule has 0 aliphatic heterocycles. The molecule has 1 rings (SSSR count). The molecule has 0 unspecified atom stereocenters. The van der Waals surface area contributed by atoms with E-state index in [1.54, 1.807) is 12.1 Å². The molecule has 0 amide bonds. The van der Waals surface area contributed by atoms with E-state index in [2.05, 4.69) is 27.0 Å². The van der Waals surface area contributed by atoms with Crippen LogP contribution in [0.2, 0.25) is 0 Å². The highest BCUT2D eigenvalue weighted by Crippen LogP contribution is 2.14. The van der Waals surface area contributed by atoms with Crippen molar-refractivity contribution in [1.82, 2.24) is 4.98 Å².